The third-order valence-electron chi connectivity index (χ3n) is 5.54. The van der Waals surface area contributed by atoms with Gasteiger partial charge in [0.1, 0.15) is 11.5 Å². The van der Waals surface area contributed by atoms with E-state index in [-0.39, 0.29) is 6.04 Å². The highest BCUT2D eigenvalue weighted by Crippen LogP contribution is 2.45. The van der Waals surface area contributed by atoms with Crippen LogP contribution in [0.2, 0.25) is 0 Å². The molecule has 1 unspecified atom stereocenters. The van der Waals surface area contributed by atoms with E-state index < -0.39 is 0 Å². The lowest BCUT2D eigenvalue weighted by Gasteiger charge is -2.20. The lowest BCUT2D eigenvalue weighted by molar-refractivity contribution is 0.481. The lowest BCUT2D eigenvalue weighted by Crippen LogP contribution is -2.17. The summed E-state index contributed by atoms with van der Waals surface area (Å²) < 4.78 is 6.39. The molecule has 1 aliphatic rings. The molecule has 3 heterocycles. The molecule has 28 heavy (non-hydrogen) atoms. The molecule has 0 spiro atoms. The molecule has 0 amide bonds. The van der Waals surface area contributed by atoms with Crippen LogP contribution in [0.15, 0.2) is 61.3 Å². The van der Waals surface area contributed by atoms with E-state index in [1.165, 1.54) is 12.8 Å². The molecule has 5 rings (SSSR count). The first-order chi connectivity index (χ1) is 13.8. The molecule has 0 saturated heterocycles. The molecule has 0 N–H and O–H groups in total. The number of hydrogen-bond donors (Lipinski definition) is 0. The summed E-state index contributed by atoms with van der Waals surface area (Å²) in [5.41, 5.74) is 4.11. The normalized spacial score (nSPS) is 15.1. The second kappa shape index (κ2) is 6.78. The summed E-state index contributed by atoms with van der Waals surface area (Å²) in [5.74, 6) is 1.67. The minimum atomic E-state index is 0.173. The second-order valence-corrected chi connectivity index (χ2v) is 7.45. The number of nitrogens with zero attached hydrogens (tertiary/aromatic N) is 6. The Bertz CT molecular complexity index is 1080. The highest BCUT2D eigenvalue weighted by Gasteiger charge is 2.38. The molecule has 6 heteroatoms. The number of aromatic nitrogens is 6. The van der Waals surface area contributed by atoms with Crippen molar-refractivity contribution in [2.24, 2.45) is 13.0 Å². The van der Waals surface area contributed by atoms with Crippen LogP contribution in [-0.4, -0.2) is 28.9 Å². The smallest absolute Gasteiger partial charge is 0.131 e. The highest BCUT2D eigenvalue weighted by molar-refractivity contribution is 5.76. The molecule has 4 aromatic rings. The van der Waals surface area contributed by atoms with Gasteiger partial charge >= 0.3 is 0 Å². The number of imidazole rings is 2. The molecule has 6 nitrogen and oxygen atoms in total. The molecular formula is C22H24N6. The second-order valence-electron chi connectivity index (χ2n) is 7.45. The minimum absolute atomic E-state index is 0.173. The summed E-state index contributed by atoms with van der Waals surface area (Å²) >= 11 is 0. The van der Waals surface area contributed by atoms with Crippen LogP contribution in [0.25, 0.3) is 22.6 Å². The van der Waals surface area contributed by atoms with Crippen LogP contribution in [0.3, 0.4) is 0 Å². The van der Waals surface area contributed by atoms with Gasteiger partial charge in [-0.3, -0.25) is 4.68 Å². The van der Waals surface area contributed by atoms with Crippen molar-refractivity contribution in [3.63, 3.8) is 0 Å². The van der Waals surface area contributed by atoms with Gasteiger partial charge in [-0.05, 0) is 31.7 Å². The molecule has 1 atom stereocenters. The fraction of sp³-hybridized carbons (Fsp3) is 0.318. The highest BCUT2D eigenvalue weighted by atomic mass is 15.3. The zero-order valence-corrected chi connectivity index (χ0v) is 16.2. The van der Waals surface area contributed by atoms with Crippen LogP contribution in [-0.2, 0) is 13.6 Å². The zero-order chi connectivity index (χ0) is 19.1. The van der Waals surface area contributed by atoms with Gasteiger partial charge in [-0.1, -0.05) is 30.3 Å². The Balaban J connectivity index is 1.71. The van der Waals surface area contributed by atoms with Crippen LogP contribution in [0.1, 0.15) is 31.6 Å². The maximum Gasteiger partial charge on any atom is 0.131 e. The maximum absolute atomic E-state index is 4.85. The number of rotatable bonds is 6. The predicted molar refractivity (Wildman–Crippen MR) is 109 cm³/mol. The van der Waals surface area contributed by atoms with E-state index in [9.17, 15) is 0 Å². The molecule has 1 aromatic carbocycles. The van der Waals surface area contributed by atoms with Gasteiger partial charge in [0.05, 0.1) is 23.8 Å². The van der Waals surface area contributed by atoms with Crippen LogP contribution in [0.5, 0.6) is 0 Å². The van der Waals surface area contributed by atoms with E-state index in [0.29, 0.717) is 5.92 Å². The molecular weight excluding hydrogens is 348 g/mol. The maximum atomic E-state index is 4.85. The van der Waals surface area contributed by atoms with E-state index in [4.69, 9.17) is 10.1 Å². The van der Waals surface area contributed by atoms with Gasteiger partial charge in [-0.15, -0.1) is 0 Å². The molecule has 3 aromatic heterocycles. The molecule has 1 aliphatic carbocycles. The zero-order valence-electron chi connectivity index (χ0n) is 16.2. The van der Waals surface area contributed by atoms with Gasteiger partial charge in [0.25, 0.3) is 0 Å². The van der Waals surface area contributed by atoms with Crippen LogP contribution >= 0.6 is 0 Å². The Morgan fingerprint density at radius 2 is 1.89 bits per heavy atom. The Hall–Kier alpha value is -3.15. The van der Waals surface area contributed by atoms with Crippen molar-refractivity contribution in [2.75, 3.05) is 0 Å². The fourth-order valence-corrected chi connectivity index (χ4v) is 3.93. The Morgan fingerprint density at radius 3 is 2.54 bits per heavy atom. The van der Waals surface area contributed by atoms with E-state index in [1.54, 1.807) is 0 Å². The minimum Gasteiger partial charge on any atom is -0.336 e. The van der Waals surface area contributed by atoms with Crippen molar-refractivity contribution in [1.82, 2.24) is 28.9 Å². The standard InChI is InChI=1S/C22H24N6/c1-3-27-13-11-18(25-27)21-19(16-7-5-4-6-8-16)24-15-28(21)20(17-9-10-17)22-23-12-14-26(22)2/h4-8,11-15,17,20H,3,9-10H2,1-2H3. The van der Waals surface area contributed by atoms with Gasteiger partial charge in [0.2, 0.25) is 0 Å². The van der Waals surface area contributed by atoms with Crippen molar-refractivity contribution < 1.29 is 0 Å². The Kier molecular flexibility index (Phi) is 4.11. The summed E-state index contributed by atoms with van der Waals surface area (Å²) in [6, 6.07) is 12.6. The first-order valence-corrected chi connectivity index (χ1v) is 9.89. The van der Waals surface area contributed by atoms with Crippen LogP contribution in [0, 0.1) is 5.92 Å². The molecule has 0 bridgehead atoms. The summed E-state index contributed by atoms with van der Waals surface area (Å²) in [6.07, 6.45) is 10.4. The van der Waals surface area contributed by atoms with E-state index in [0.717, 1.165) is 35.0 Å². The molecule has 1 fully saturated rings. The molecule has 0 radical (unpaired) electrons. The van der Waals surface area contributed by atoms with E-state index in [2.05, 4.69) is 58.4 Å². The van der Waals surface area contributed by atoms with Gasteiger partial charge in [0, 0.05) is 37.7 Å². The summed E-state index contributed by atoms with van der Waals surface area (Å²) in [6.45, 7) is 2.95. The molecule has 0 aliphatic heterocycles. The largest absolute Gasteiger partial charge is 0.336 e. The van der Waals surface area contributed by atoms with E-state index >= 15 is 0 Å². The van der Waals surface area contributed by atoms with Gasteiger partial charge in [0.15, 0.2) is 0 Å². The first kappa shape index (κ1) is 17.0. The van der Waals surface area contributed by atoms with Crippen LogP contribution < -0.4 is 0 Å². The summed E-state index contributed by atoms with van der Waals surface area (Å²) in [7, 11) is 2.07. The number of benzene rings is 1. The SMILES string of the molecule is CCn1ccc(-c2c(-c3ccccc3)ncn2C(c2nccn2C)C2CC2)n1. The third kappa shape index (κ3) is 2.85. The average molecular weight is 372 g/mol. The quantitative estimate of drug-likeness (QED) is 0.510. The fourth-order valence-electron chi connectivity index (χ4n) is 3.93. The average Bonchev–Trinajstić information content (AvgIpc) is 3.10. The van der Waals surface area contributed by atoms with E-state index in [1.807, 2.05) is 35.7 Å². The number of aryl methyl sites for hydroxylation is 2. The van der Waals surface area contributed by atoms with Crippen molar-refractivity contribution in [2.45, 2.75) is 32.4 Å². The third-order valence-corrected chi connectivity index (χ3v) is 5.54. The van der Waals surface area contributed by atoms with Crippen molar-refractivity contribution >= 4 is 0 Å². The first-order valence-electron chi connectivity index (χ1n) is 9.89. The van der Waals surface area contributed by atoms with Crippen molar-refractivity contribution in [3.05, 3.63) is 67.1 Å². The molecule has 1 saturated carbocycles. The lowest BCUT2D eigenvalue weighted by atomic mass is 10.1. The summed E-state index contributed by atoms with van der Waals surface area (Å²) in [4.78, 5) is 9.53. The van der Waals surface area contributed by atoms with Crippen molar-refractivity contribution in [1.29, 1.82) is 0 Å². The Labute approximate surface area is 164 Å². The predicted octanol–water partition coefficient (Wildman–Crippen LogP) is 4.17. The van der Waals surface area contributed by atoms with Gasteiger partial charge in [-0.25, -0.2) is 9.97 Å². The molecule has 142 valence electrons. The van der Waals surface area contributed by atoms with Gasteiger partial charge in [-0.2, -0.15) is 5.10 Å². The van der Waals surface area contributed by atoms with Crippen molar-refractivity contribution in [3.8, 4) is 22.6 Å². The van der Waals surface area contributed by atoms with Crippen LogP contribution in [0.4, 0.5) is 0 Å². The Morgan fingerprint density at radius 1 is 1.07 bits per heavy atom. The van der Waals surface area contributed by atoms with Gasteiger partial charge < -0.3 is 9.13 Å². The topological polar surface area (TPSA) is 53.5 Å². The number of hydrogen-bond acceptors (Lipinski definition) is 3. The summed E-state index contributed by atoms with van der Waals surface area (Å²) in [5, 5.41) is 4.81. The monoisotopic (exact) mass is 372 g/mol.